The third kappa shape index (κ3) is 2.40. The first-order valence-electron chi connectivity index (χ1n) is 4.19. The SMILES string of the molecule is CN1OC(=O)OC1Oc1ccc(Br)cc1. The fourth-order valence-electron chi connectivity index (χ4n) is 1.07. The van der Waals surface area contributed by atoms with Crippen molar-refractivity contribution in [2.24, 2.45) is 0 Å². The highest BCUT2D eigenvalue weighted by Gasteiger charge is 2.33. The van der Waals surface area contributed by atoms with Gasteiger partial charge >= 0.3 is 12.6 Å². The van der Waals surface area contributed by atoms with E-state index in [2.05, 4.69) is 20.8 Å². The molecule has 15 heavy (non-hydrogen) atoms. The fourth-order valence-corrected chi connectivity index (χ4v) is 1.33. The summed E-state index contributed by atoms with van der Waals surface area (Å²) in [6.45, 7) is 0. The van der Waals surface area contributed by atoms with E-state index in [4.69, 9.17) is 9.47 Å². The summed E-state index contributed by atoms with van der Waals surface area (Å²) in [6, 6.07) is 7.16. The van der Waals surface area contributed by atoms with Crippen LogP contribution >= 0.6 is 15.9 Å². The molecule has 0 N–H and O–H groups in total. The zero-order valence-electron chi connectivity index (χ0n) is 7.84. The van der Waals surface area contributed by atoms with E-state index < -0.39 is 12.6 Å². The van der Waals surface area contributed by atoms with Gasteiger partial charge in [-0.3, -0.25) is 0 Å². The lowest BCUT2D eigenvalue weighted by Crippen LogP contribution is -2.30. The van der Waals surface area contributed by atoms with E-state index in [0.29, 0.717) is 5.75 Å². The molecule has 0 amide bonds. The van der Waals surface area contributed by atoms with Crippen LogP contribution in [0, 0.1) is 0 Å². The van der Waals surface area contributed by atoms with Crippen LogP contribution in [0.2, 0.25) is 0 Å². The maximum absolute atomic E-state index is 10.7. The summed E-state index contributed by atoms with van der Waals surface area (Å²) in [4.78, 5) is 15.3. The minimum atomic E-state index is -0.835. The summed E-state index contributed by atoms with van der Waals surface area (Å²) in [5, 5.41) is 1.20. The molecule has 1 unspecified atom stereocenters. The van der Waals surface area contributed by atoms with Crippen LogP contribution < -0.4 is 4.74 Å². The number of hydrogen-bond donors (Lipinski definition) is 0. The standard InChI is InChI=1S/C9H8BrNO4/c1-11-8(14-9(12)15-11)13-7-4-2-6(10)3-5-7/h2-5,8H,1H3. The van der Waals surface area contributed by atoms with Gasteiger partial charge in [-0.25, -0.2) is 4.79 Å². The van der Waals surface area contributed by atoms with Crippen molar-refractivity contribution >= 4 is 22.1 Å². The number of benzene rings is 1. The van der Waals surface area contributed by atoms with Gasteiger partial charge < -0.3 is 14.3 Å². The first kappa shape index (κ1) is 10.3. The van der Waals surface area contributed by atoms with Crippen LogP contribution in [0.1, 0.15) is 0 Å². The summed E-state index contributed by atoms with van der Waals surface area (Å²) >= 11 is 3.30. The Morgan fingerprint density at radius 2 is 2.07 bits per heavy atom. The van der Waals surface area contributed by atoms with Crippen LogP contribution in [-0.4, -0.2) is 24.7 Å². The molecule has 1 fully saturated rings. The van der Waals surface area contributed by atoms with Crippen LogP contribution in [0.25, 0.3) is 0 Å². The van der Waals surface area contributed by atoms with E-state index in [1.165, 1.54) is 5.06 Å². The highest BCUT2D eigenvalue weighted by atomic mass is 79.9. The van der Waals surface area contributed by atoms with E-state index >= 15 is 0 Å². The normalized spacial score (nSPS) is 20.9. The van der Waals surface area contributed by atoms with Crippen molar-refractivity contribution in [3.63, 3.8) is 0 Å². The van der Waals surface area contributed by atoms with Gasteiger partial charge in [0.25, 0.3) is 0 Å². The Kier molecular flexibility index (Phi) is 2.79. The molecule has 0 aliphatic carbocycles. The van der Waals surface area contributed by atoms with E-state index in [1.54, 1.807) is 19.2 Å². The van der Waals surface area contributed by atoms with E-state index in [-0.39, 0.29) is 0 Å². The number of rotatable bonds is 2. The van der Waals surface area contributed by atoms with Gasteiger partial charge in [-0.15, -0.1) is 0 Å². The molecule has 0 saturated carbocycles. The second-order valence-electron chi connectivity index (χ2n) is 2.88. The summed E-state index contributed by atoms with van der Waals surface area (Å²) in [5.74, 6) is 0.591. The predicted octanol–water partition coefficient (Wildman–Crippen LogP) is 2.13. The van der Waals surface area contributed by atoms with Crippen molar-refractivity contribution < 1.29 is 19.1 Å². The molecular formula is C9H8BrNO4. The molecule has 0 aromatic heterocycles. The Hall–Kier alpha value is -1.27. The topological polar surface area (TPSA) is 48.0 Å². The predicted molar refractivity (Wildman–Crippen MR) is 53.9 cm³/mol. The molecule has 0 spiro atoms. The minimum Gasteiger partial charge on any atom is -0.439 e. The number of carbonyl (C=O) groups excluding carboxylic acids is 1. The van der Waals surface area contributed by atoms with Crippen LogP contribution in [0.15, 0.2) is 28.7 Å². The number of ether oxygens (including phenoxy) is 2. The zero-order chi connectivity index (χ0) is 10.8. The Labute approximate surface area is 94.6 Å². The molecule has 1 atom stereocenters. The molecule has 1 heterocycles. The maximum Gasteiger partial charge on any atom is 0.532 e. The van der Waals surface area contributed by atoms with Crippen molar-refractivity contribution in [2.75, 3.05) is 7.05 Å². The lowest BCUT2D eigenvalue weighted by Gasteiger charge is -2.14. The molecule has 6 heteroatoms. The van der Waals surface area contributed by atoms with Crippen LogP contribution in [-0.2, 0) is 9.57 Å². The number of hydrogen-bond acceptors (Lipinski definition) is 5. The minimum absolute atomic E-state index is 0.591. The van der Waals surface area contributed by atoms with E-state index in [1.807, 2.05) is 12.1 Å². The van der Waals surface area contributed by atoms with Crippen LogP contribution in [0.3, 0.4) is 0 Å². The average molecular weight is 274 g/mol. The lowest BCUT2D eigenvalue weighted by molar-refractivity contribution is -0.166. The zero-order valence-corrected chi connectivity index (χ0v) is 9.43. The van der Waals surface area contributed by atoms with Gasteiger partial charge in [-0.1, -0.05) is 21.0 Å². The number of nitrogens with zero attached hydrogens (tertiary/aromatic N) is 1. The van der Waals surface area contributed by atoms with Gasteiger partial charge in [0.05, 0.1) is 0 Å². The van der Waals surface area contributed by atoms with Gasteiger partial charge in [0.2, 0.25) is 0 Å². The first-order valence-corrected chi connectivity index (χ1v) is 4.98. The molecule has 0 bridgehead atoms. The van der Waals surface area contributed by atoms with E-state index in [0.717, 1.165) is 4.47 Å². The molecular weight excluding hydrogens is 266 g/mol. The largest absolute Gasteiger partial charge is 0.532 e. The third-order valence-corrected chi connectivity index (χ3v) is 2.29. The molecule has 1 saturated heterocycles. The lowest BCUT2D eigenvalue weighted by atomic mass is 10.3. The quantitative estimate of drug-likeness (QED) is 0.773. The molecule has 1 aromatic carbocycles. The Morgan fingerprint density at radius 1 is 1.40 bits per heavy atom. The van der Waals surface area contributed by atoms with Crippen molar-refractivity contribution in [2.45, 2.75) is 6.41 Å². The summed E-state index contributed by atoms with van der Waals surface area (Å²) in [7, 11) is 1.55. The molecule has 5 nitrogen and oxygen atoms in total. The molecule has 1 aromatic rings. The number of halogens is 1. The summed E-state index contributed by atoms with van der Waals surface area (Å²) in [5.41, 5.74) is 0. The fraction of sp³-hybridized carbons (Fsp3) is 0.222. The van der Waals surface area contributed by atoms with Gasteiger partial charge in [-0.05, 0) is 24.3 Å². The number of carbonyl (C=O) groups is 1. The second-order valence-corrected chi connectivity index (χ2v) is 3.80. The summed E-state index contributed by atoms with van der Waals surface area (Å²) < 4.78 is 11.0. The molecule has 1 aliphatic heterocycles. The van der Waals surface area contributed by atoms with Crippen molar-refractivity contribution in [1.82, 2.24) is 5.06 Å². The molecule has 1 aliphatic rings. The monoisotopic (exact) mass is 273 g/mol. The van der Waals surface area contributed by atoms with Crippen LogP contribution in [0.5, 0.6) is 5.75 Å². The van der Waals surface area contributed by atoms with Gasteiger partial charge in [-0.2, -0.15) is 0 Å². The van der Waals surface area contributed by atoms with Crippen molar-refractivity contribution in [3.8, 4) is 5.75 Å². The second kappa shape index (κ2) is 4.08. The highest BCUT2D eigenvalue weighted by molar-refractivity contribution is 9.10. The van der Waals surface area contributed by atoms with E-state index in [9.17, 15) is 4.79 Å². The average Bonchev–Trinajstić information content (AvgIpc) is 2.49. The Bertz CT molecular complexity index is 367. The summed E-state index contributed by atoms with van der Waals surface area (Å²) in [6.07, 6.45) is -1.60. The smallest absolute Gasteiger partial charge is 0.439 e. The third-order valence-electron chi connectivity index (χ3n) is 1.76. The van der Waals surface area contributed by atoms with Gasteiger partial charge in [0, 0.05) is 11.5 Å². The van der Waals surface area contributed by atoms with Gasteiger partial charge in [0.1, 0.15) is 5.75 Å². The Balaban J connectivity index is 2.03. The highest BCUT2D eigenvalue weighted by Crippen LogP contribution is 2.20. The van der Waals surface area contributed by atoms with Gasteiger partial charge in [0.15, 0.2) is 0 Å². The molecule has 2 rings (SSSR count). The number of cyclic esters (lactones) is 1. The maximum atomic E-state index is 10.7. The first-order chi connectivity index (χ1) is 7.15. The molecule has 80 valence electrons. The number of hydroxylamine groups is 2. The van der Waals surface area contributed by atoms with Crippen molar-refractivity contribution in [1.29, 1.82) is 0 Å². The molecule has 0 radical (unpaired) electrons. The Morgan fingerprint density at radius 3 is 2.60 bits per heavy atom. The van der Waals surface area contributed by atoms with Crippen molar-refractivity contribution in [3.05, 3.63) is 28.7 Å². The van der Waals surface area contributed by atoms with Crippen LogP contribution in [0.4, 0.5) is 4.79 Å².